The lowest BCUT2D eigenvalue weighted by atomic mass is 9.94. The van der Waals surface area contributed by atoms with Crippen LogP contribution in [0.5, 0.6) is 0 Å². The predicted octanol–water partition coefficient (Wildman–Crippen LogP) is 5.22. The molecule has 20 heavy (non-hydrogen) atoms. The van der Waals surface area contributed by atoms with Crippen molar-refractivity contribution in [3.8, 4) is 0 Å². The SMILES string of the molecule is CCCCN=CCc1ccccc1C1=C(C)C(C)=CC1. The first-order valence-electron chi connectivity index (χ1n) is 7.67. The van der Waals surface area contributed by atoms with Crippen LogP contribution in [0.15, 0.2) is 46.5 Å². The number of allylic oxidation sites excluding steroid dienone is 4. The van der Waals surface area contributed by atoms with E-state index in [1.165, 1.54) is 40.7 Å². The summed E-state index contributed by atoms with van der Waals surface area (Å²) in [6.45, 7) is 7.61. The largest absolute Gasteiger partial charge is 0.297 e. The Morgan fingerprint density at radius 1 is 1.20 bits per heavy atom. The van der Waals surface area contributed by atoms with Crippen molar-refractivity contribution in [2.45, 2.75) is 46.5 Å². The maximum absolute atomic E-state index is 4.50. The van der Waals surface area contributed by atoms with Gasteiger partial charge in [-0.15, -0.1) is 0 Å². The number of hydrogen-bond acceptors (Lipinski definition) is 1. The van der Waals surface area contributed by atoms with Gasteiger partial charge in [0.05, 0.1) is 0 Å². The topological polar surface area (TPSA) is 12.4 Å². The summed E-state index contributed by atoms with van der Waals surface area (Å²) in [6, 6.07) is 8.75. The Bertz CT molecular complexity index is 547. The van der Waals surface area contributed by atoms with Crippen LogP contribution in [0.4, 0.5) is 0 Å². The number of nitrogens with zero attached hydrogens (tertiary/aromatic N) is 1. The molecule has 0 aromatic heterocycles. The van der Waals surface area contributed by atoms with Crippen molar-refractivity contribution in [3.63, 3.8) is 0 Å². The maximum Gasteiger partial charge on any atom is 0.0385 e. The average molecular weight is 267 g/mol. The van der Waals surface area contributed by atoms with Gasteiger partial charge in [0, 0.05) is 19.2 Å². The molecule has 0 atom stereocenters. The van der Waals surface area contributed by atoms with Gasteiger partial charge < -0.3 is 0 Å². The lowest BCUT2D eigenvalue weighted by Crippen LogP contribution is -1.95. The quantitative estimate of drug-likeness (QED) is 0.495. The number of aliphatic imine (C=N–C) groups is 1. The molecule has 1 aliphatic carbocycles. The Kier molecular flexibility index (Phi) is 5.34. The zero-order chi connectivity index (χ0) is 14.4. The van der Waals surface area contributed by atoms with Crippen molar-refractivity contribution >= 4 is 11.8 Å². The summed E-state index contributed by atoms with van der Waals surface area (Å²) >= 11 is 0. The Labute approximate surface area is 123 Å². The van der Waals surface area contributed by atoms with Crippen LogP contribution in [0.3, 0.4) is 0 Å². The summed E-state index contributed by atoms with van der Waals surface area (Å²) in [7, 11) is 0. The van der Waals surface area contributed by atoms with E-state index in [2.05, 4.69) is 62.3 Å². The van der Waals surface area contributed by atoms with Gasteiger partial charge in [-0.3, -0.25) is 4.99 Å². The Balaban J connectivity index is 2.14. The molecule has 1 heteroatoms. The first kappa shape index (κ1) is 14.8. The fourth-order valence-corrected chi connectivity index (χ4v) is 2.61. The zero-order valence-electron chi connectivity index (χ0n) is 12.9. The van der Waals surface area contributed by atoms with Gasteiger partial charge >= 0.3 is 0 Å². The second kappa shape index (κ2) is 7.23. The zero-order valence-corrected chi connectivity index (χ0v) is 12.9. The van der Waals surface area contributed by atoms with Gasteiger partial charge in [-0.25, -0.2) is 0 Å². The van der Waals surface area contributed by atoms with E-state index < -0.39 is 0 Å². The van der Waals surface area contributed by atoms with Crippen LogP contribution < -0.4 is 0 Å². The smallest absolute Gasteiger partial charge is 0.0385 e. The molecule has 0 bridgehead atoms. The molecule has 0 saturated heterocycles. The number of unbranched alkanes of at least 4 members (excludes halogenated alkanes) is 1. The predicted molar refractivity (Wildman–Crippen MR) is 89.4 cm³/mol. The highest BCUT2D eigenvalue weighted by Gasteiger charge is 2.14. The van der Waals surface area contributed by atoms with Crippen molar-refractivity contribution < 1.29 is 0 Å². The lowest BCUT2D eigenvalue weighted by molar-refractivity contribution is 0.809. The molecule has 0 unspecified atom stereocenters. The third-order valence-corrected chi connectivity index (χ3v) is 4.08. The van der Waals surface area contributed by atoms with E-state index in [1.54, 1.807) is 0 Å². The summed E-state index contributed by atoms with van der Waals surface area (Å²) in [5.41, 5.74) is 7.15. The minimum absolute atomic E-state index is 0.940. The molecule has 1 aliphatic rings. The van der Waals surface area contributed by atoms with E-state index in [9.17, 15) is 0 Å². The molecule has 0 saturated carbocycles. The van der Waals surface area contributed by atoms with Crippen molar-refractivity contribution in [1.29, 1.82) is 0 Å². The minimum atomic E-state index is 0.940. The van der Waals surface area contributed by atoms with E-state index in [1.807, 2.05) is 0 Å². The summed E-state index contributed by atoms with van der Waals surface area (Å²) in [4.78, 5) is 4.50. The molecule has 0 amide bonds. The van der Waals surface area contributed by atoms with Gasteiger partial charge in [-0.2, -0.15) is 0 Å². The van der Waals surface area contributed by atoms with Crippen LogP contribution in [0.2, 0.25) is 0 Å². The molecule has 106 valence electrons. The van der Waals surface area contributed by atoms with Crippen LogP contribution in [0.25, 0.3) is 5.57 Å². The fraction of sp³-hybridized carbons (Fsp3) is 0.421. The van der Waals surface area contributed by atoms with E-state index >= 15 is 0 Å². The van der Waals surface area contributed by atoms with Crippen LogP contribution in [0.1, 0.15) is 51.2 Å². The molecular formula is C19H25N. The van der Waals surface area contributed by atoms with Gasteiger partial charge in [-0.05, 0) is 49.0 Å². The maximum atomic E-state index is 4.50. The molecule has 0 aliphatic heterocycles. The minimum Gasteiger partial charge on any atom is -0.297 e. The molecule has 0 radical (unpaired) electrons. The first-order chi connectivity index (χ1) is 9.74. The average Bonchev–Trinajstić information content (AvgIpc) is 2.79. The summed E-state index contributed by atoms with van der Waals surface area (Å²) in [5.74, 6) is 0. The summed E-state index contributed by atoms with van der Waals surface area (Å²) < 4.78 is 0. The standard InChI is InChI=1S/C19H25N/c1-4-5-13-20-14-12-17-8-6-7-9-19(17)18-11-10-15(2)16(18)3/h6-10,14H,4-5,11-13H2,1-3H3. The number of benzene rings is 1. The Hall–Kier alpha value is -1.63. The van der Waals surface area contributed by atoms with Gasteiger partial charge in [0.15, 0.2) is 0 Å². The summed E-state index contributed by atoms with van der Waals surface area (Å²) in [6.07, 6.45) is 8.82. The molecule has 2 rings (SSSR count). The third kappa shape index (κ3) is 3.47. The van der Waals surface area contributed by atoms with Gasteiger partial charge in [0.2, 0.25) is 0 Å². The van der Waals surface area contributed by atoms with Crippen molar-refractivity contribution in [2.24, 2.45) is 4.99 Å². The van der Waals surface area contributed by atoms with E-state index in [0.717, 1.165) is 19.4 Å². The van der Waals surface area contributed by atoms with Gasteiger partial charge in [0.25, 0.3) is 0 Å². The molecule has 0 N–H and O–H groups in total. The van der Waals surface area contributed by atoms with Crippen molar-refractivity contribution in [2.75, 3.05) is 6.54 Å². The fourth-order valence-electron chi connectivity index (χ4n) is 2.61. The third-order valence-electron chi connectivity index (χ3n) is 4.08. The van der Waals surface area contributed by atoms with E-state index in [-0.39, 0.29) is 0 Å². The normalized spacial score (nSPS) is 15.2. The molecule has 1 nitrogen and oxygen atoms in total. The summed E-state index contributed by atoms with van der Waals surface area (Å²) in [5, 5.41) is 0. The number of rotatable bonds is 6. The van der Waals surface area contributed by atoms with Gasteiger partial charge in [0.1, 0.15) is 0 Å². The molecule has 0 spiro atoms. The van der Waals surface area contributed by atoms with E-state index in [4.69, 9.17) is 0 Å². The van der Waals surface area contributed by atoms with Crippen LogP contribution >= 0.6 is 0 Å². The highest BCUT2D eigenvalue weighted by molar-refractivity contribution is 5.79. The molecule has 0 heterocycles. The lowest BCUT2D eigenvalue weighted by Gasteiger charge is -2.10. The highest BCUT2D eigenvalue weighted by Crippen LogP contribution is 2.34. The van der Waals surface area contributed by atoms with Crippen LogP contribution in [-0.2, 0) is 6.42 Å². The van der Waals surface area contributed by atoms with Gasteiger partial charge in [-0.1, -0.05) is 49.3 Å². The molecule has 0 fully saturated rings. The van der Waals surface area contributed by atoms with Crippen molar-refractivity contribution in [3.05, 3.63) is 52.6 Å². The molecule has 1 aromatic carbocycles. The Morgan fingerprint density at radius 2 is 2.00 bits per heavy atom. The first-order valence-corrected chi connectivity index (χ1v) is 7.67. The van der Waals surface area contributed by atoms with Crippen LogP contribution in [-0.4, -0.2) is 12.8 Å². The number of hydrogen-bond donors (Lipinski definition) is 0. The molecule has 1 aromatic rings. The second-order valence-electron chi connectivity index (χ2n) is 5.50. The molecular weight excluding hydrogens is 242 g/mol. The van der Waals surface area contributed by atoms with Crippen LogP contribution in [0, 0.1) is 0 Å². The Morgan fingerprint density at radius 3 is 2.70 bits per heavy atom. The monoisotopic (exact) mass is 267 g/mol. The van der Waals surface area contributed by atoms with Crippen molar-refractivity contribution in [1.82, 2.24) is 0 Å². The van der Waals surface area contributed by atoms with E-state index in [0.29, 0.717) is 0 Å². The second-order valence-corrected chi connectivity index (χ2v) is 5.50. The highest BCUT2D eigenvalue weighted by atomic mass is 14.7.